The van der Waals surface area contributed by atoms with Crippen LogP contribution in [0.5, 0.6) is 0 Å². The zero-order chi connectivity index (χ0) is 27.1. The number of hydrogen-bond acceptors (Lipinski definition) is 4. The van der Waals surface area contributed by atoms with Gasteiger partial charge >= 0.3 is 12.1 Å². The Morgan fingerprint density at radius 2 is 1.72 bits per heavy atom. The van der Waals surface area contributed by atoms with Crippen LogP contribution in [-0.4, -0.2) is 29.3 Å². The third kappa shape index (κ3) is 5.06. The third-order valence-corrected chi connectivity index (χ3v) is 7.31. The number of carboxylic acids is 1. The second kappa shape index (κ2) is 9.76. The molecule has 0 radical (unpaired) electrons. The molecule has 1 aromatic heterocycles. The average Bonchev–Trinajstić information content (AvgIpc) is 3.67. The van der Waals surface area contributed by atoms with Gasteiger partial charge in [-0.05, 0) is 54.3 Å². The summed E-state index contributed by atoms with van der Waals surface area (Å²) in [5, 5.41) is 13.3. The molecule has 1 aliphatic heterocycles. The average molecular weight is 531 g/mol. The van der Waals surface area contributed by atoms with Crippen molar-refractivity contribution in [1.82, 2.24) is 5.16 Å². The molecule has 1 saturated heterocycles. The number of anilines is 1. The molecule has 8 heteroatoms. The van der Waals surface area contributed by atoms with Gasteiger partial charge in [0.2, 0.25) is 0 Å². The van der Waals surface area contributed by atoms with E-state index in [2.05, 4.69) is 10.1 Å². The van der Waals surface area contributed by atoms with E-state index in [0.717, 1.165) is 48.8 Å². The summed E-state index contributed by atoms with van der Waals surface area (Å²) < 4.78 is 46.6. The number of aromatic carboxylic acids is 1. The fraction of sp³-hybridized carbons (Fsp3) is 0.226. The number of nitrogens with zero attached hydrogens (tertiary/aromatic N) is 2. The molecule has 5 nitrogen and oxygen atoms in total. The molecule has 0 unspecified atom stereocenters. The van der Waals surface area contributed by atoms with Gasteiger partial charge in [0.1, 0.15) is 11.5 Å². The van der Waals surface area contributed by atoms with E-state index in [1.165, 1.54) is 12.1 Å². The highest BCUT2D eigenvalue weighted by Gasteiger charge is 2.37. The van der Waals surface area contributed by atoms with Crippen molar-refractivity contribution in [2.24, 2.45) is 5.92 Å². The monoisotopic (exact) mass is 530 g/mol. The van der Waals surface area contributed by atoms with Gasteiger partial charge < -0.3 is 14.5 Å². The van der Waals surface area contributed by atoms with E-state index in [4.69, 9.17) is 4.52 Å². The van der Waals surface area contributed by atoms with Gasteiger partial charge in [-0.3, -0.25) is 0 Å². The number of carbonyl (C=O) groups is 1. The van der Waals surface area contributed by atoms with Crippen molar-refractivity contribution in [3.05, 3.63) is 101 Å². The molecule has 198 valence electrons. The zero-order valence-corrected chi connectivity index (χ0v) is 20.9. The number of carboxylic acid groups (broad SMARTS) is 1. The van der Waals surface area contributed by atoms with Crippen LogP contribution < -0.4 is 4.90 Å². The molecule has 0 atom stereocenters. The molecule has 1 N–H and O–H groups in total. The van der Waals surface area contributed by atoms with E-state index >= 15 is 0 Å². The van der Waals surface area contributed by atoms with Crippen molar-refractivity contribution in [3.8, 4) is 22.4 Å². The first kappa shape index (κ1) is 25.0. The molecule has 0 spiro atoms. The first-order valence-electron chi connectivity index (χ1n) is 12.8. The summed E-state index contributed by atoms with van der Waals surface area (Å²) in [7, 11) is 0. The Bertz CT molecular complexity index is 1550. The maximum absolute atomic E-state index is 13.7. The van der Waals surface area contributed by atoms with Gasteiger partial charge in [0.05, 0.1) is 11.1 Å². The fourth-order valence-electron chi connectivity index (χ4n) is 5.02. The SMILES string of the molecule is O=C(O)c1cccc(-c2ccc(N3CC(/C=C/c4c(-c5ccccc5C(F)(F)F)noc4C4CC4)C3)cc2)c1. The predicted molar refractivity (Wildman–Crippen MR) is 142 cm³/mol. The molecule has 1 saturated carbocycles. The normalized spacial score (nSPS) is 16.0. The summed E-state index contributed by atoms with van der Waals surface area (Å²) in [6.07, 6.45) is 1.33. The number of rotatable bonds is 7. The summed E-state index contributed by atoms with van der Waals surface area (Å²) in [6.45, 7) is 1.56. The van der Waals surface area contributed by atoms with Crippen molar-refractivity contribution in [1.29, 1.82) is 0 Å². The smallest absolute Gasteiger partial charge is 0.417 e. The quantitative estimate of drug-likeness (QED) is 0.265. The van der Waals surface area contributed by atoms with Crippen LogP contribution in [0, 0.1) is 5.92 Å². The van der Waals surface area contributed by atoms with E-state index in [0.29, 0.717) is 11.3 Å². The number of benzene rings is 3. The Hall–Kier alpha value is -4.33. The standard InChI is InChI=1S/C31H25F3N2O3/c32-31(33,34)27-7-2-1-6-25(27)28-26(29(39-35-28)21-9-10-21)15-8-19-17-36(18-19)24-13-11-20(12-14-24)22-4-3-5-23(16-22)30(37)38/h1-8,11-16,19,21H,9-10,17-18H2,(H,37,38)/b15-8+. The summed E-state index contributed by atoms with van der Waals surface area (Å²) >= 11 is 0. The molecule has 1 aliphatic carbocycles. The van der Waals surface area contributed by atoms with E-state index < -0.39 is 17.7 Å². The molecule has 2 fully saturated rings. The minimum Gasteiger partial charge on any atom is -0.478 e. The van der Waals surface area contributed by atoms with Crippen LogP contribution in [0.1, 0.15) is 46.0 Å². The van der Waals surface area contributed by atoms with Crippen LogP contribution in [0.15, 0.2) is 83.4 Å². The van der Waals surface area contributed by atoms with Crippen LogP contribution in [0.3, 0.4) is 0 Å². The van der Waals surface area contributed by atoms with Crippen LogP contribution in [-0.2, 0) is 6.18 Å². The summed E-state index contributed by atoms with van der Waals surface area (Å²) in [4.78, 5) is 13.5. The summed E-state index contributed by atoms with van der Waals surface area (Å²) in [6, 6.07) is 20.3. The molecule has 0 bridgehead atoms. The van der Waals surface area contributed by atoms with Gasteiger partial charge in [-0.25, -0.2) is 4.79 Å². The van der Waals surface area contributed by atoms with E-state index in [-0.39, 0.29) is 28.7 Å². The Balaban J connectivity index is 1.17. The third-order valence-electron chi connectivity index (χ3n) is 7.31. The number of alkyl halides is 3. The minimum atomic E-state index is -4.49. The highest BCUT2D eigenvalue weighted by atomic mass is 19.4. The number of halogens is 3. The molecule has 2 heterocycles. The highest BCUT2D eigenvalue weighted by Crippen LogP contribution is 2.46. The molecule has 6 rings (SSSR count). The van der Waals surface area contributed by atoms with Crippen LogP contribution in [0.2, 0.25) is 0 Å². The lowest BCUT2D eigenvalue weighted by Gasteiger charge is -2.39. The van der Waals surface area contributed by atoms with E-state index in [9.17, 15) is 23.1 Å². The molecule has 4 aromatic rings. The van der Waals surface area contributed by atoms with Gasteiger partial charge in [-0.15, -0.1) is 0 Å². The van der Waals surface area contributed by atoms with Gasteiger partial charge in [0.15, 0.2) is 0 Å². The molecule has 2 aliphatic rings. The Morgan fingerprint density at radius 3 is 2.41 bits per heavy atom. The van der Waals surface area contributed by atoms with Crippen molar-refractivity contribution in [2.75, 3.05) is 18.0 Å². The molecule has 39 heavy (non-hydrogen) atoms. The maximum atomic E-state index is 13.7. The lowest BCUT2D eigenvalue weighted by molar-refractivity contribution is -0.137. The first-order chi connectivity index (χ1) is 18.8. The second-order valence-electron chi connectivity index (χ2n) is 10.1. The van der Waals surface area contributed by atoms with E-state index in [1.807, 2.05) is 42.5 Å². The molecule has 3 aromatic carbocycles. The van der Waals surface area contributed by atoms with Gasteiger partial charge in [-0.1, -0.05) is 59.8 Å². The molecular weight excluding hydrogens is 505 g/mol. The lowest BCUT2D eigenvalue weighted by atomic mass is 9.94. The largest absolute Gasteiger partial charge is 0.478 e. The summed E-state index contributed by atoms with van der Waals surface area (Å²) in [5.74, 6) is 0.151. The maximum Gasteiger partial charge on any atom is 0.417 e. The van der Waals surface area contributed by atoms with Gasteiger partial charge in [0.25, 0.3) is 0 Å². The Kier molecular flexibility index (Phi) is 6.25. The second-order valence-corrected chi connectivity index (χ2v) is 10.1. The van der Waals surface area contributed by atoms with Crippen molar-refractivity contribution >= 4 is 17.7 Å². The minimum absolute atomic E-state index is 0.0320. The van der Waals surface area contributed by atoms with Gasteiger partial charge in [-0.2, -0.15) is 13.2 Å². The fourth-order valence-corrected chi connectivity index (χ4v) is 5.02. The summed E-state index contributed by atoms with van der Waals surface area (Å²) in [5.41, 5.74) is 3.27. The van der Waals surface area contributed by atoms with Gasteiger partial charge in [0, 0.05) is 41.7 Å². The van der Waals surface area contributed by atoms with Crippen molar-refractivity contribution in [2.45, 2.75) is 24.9 Å². The van der Waals surface area contributed by atoms with Crippen molar-refractivity contribution in [3.63, 3.8) is 0 Å². The topological polar surface area (TPSA) is 66.6 Å². The molecule has 0 amide bonds. The highest BCUT2D eigenvalue weighted by molar-refractivity contribution is 5.89. The Morgan fingerprint density at radius 1 is 0.974 bits per heavy atom. The number of aromatic nitrogens is 1. The van der Waals surface area contributed by atoms with Crippen LogP contribution >= 0.6 is 0 Å². The molecular formula is C31H25F3N2O3. The Labute approximate surface area is 223 Å². The zero-order valence-electron chi connectivity index (χ0n) is 20.9. The van der Waals surface area contributed by atoms with Crippen molar-refractivity contribution < 1.29 is 27.6 Å². The number of hydrogen-bond donors (Lipinski definition) is 1. The van der Waals surface area contributed by atoms with Crippen LogP contribution in [0.25, 0.3) is 28.5 Å². The lowest BCUT2D eigenvalue weighted by Crippen LogP contribution is -2.45. The van der Waals surface area contributed by atoms with E-state index in [1.54, 1.807) is 24.3 Å². The predicted octanol–water partition coefficient (Wildman–Crippen LogP) is 7.75. The first-order valence-corrected chi connectivity index (χ1v) is 12.8. The van der Waals surface area contributed by atoms with Crippen LogP contribution in [0.4, 0.5) is 18.9 Å².